The topological polar surface area (TPSA) is 32.8 Å². The number of hydrogen-bond donors (Lipinski definition) is 0. The Labute approximate surface area is 97.5 Å². The van der Waals surface area contributed by atoms with Crippen LogP contribution in [0.3, 0.4) is 0 Å². The summed E-state index contributed by atoms with van der Waals surface area (Å²) < 4.78 is 5.46. The van der Waals surface area contributed by atoms with E-state index in [1.807, 2.05) is 25.7 Å². The lowest BCUT2D eigenvalue weighted by atomic mass is 10.2. The van der Waals surface area contributed by atoms with Crippen LogP contribution in [0.4, 0.5) is 4.79 Å². The van der Waals surface area contributed by atoms with E-state index in [-0.39, 0.29) is 11.7 Å². The van der Waals surface area contributed by atoms with Crippen molar-refractivity contribution in [3.8, 4) is 0 Å². The lowest BCUT2D eigenvalue weighted by molar-refractivity contribution is -0.00115. The first-order valence-corrected chi connectivity index (χ1v) is 6.07. The summed E-state index contributed by atoms with van der Waals surface area (Å²) in [5.41, 5.74) is -0.389. The minimum absolute atomic E-state index is 0.131. The summed E-state index contributed by atoms with van der Waals surface area (Å²) in [6.07, 6.45) is 2.11. The number of carbonyl (C=O) groups excluding carboxylic acids is 1. The van der Waals surface area contributed by atoms with Gasteiger partial charge in [0.2, 0.25) is 0 Å². The third-order valence-corrected chi connectivity index (χ3v) is 3.27. The van der Waals surface area contributed by atoms with Gasteiger partial charge in [0, 0.05) is 25.2 Å². The van der Waals surface area contributed by atoms with Gasteiger partial charge in [-0.1, -0.05) is 0 Å². The number of piperazine rings is 1. The molecule has 0 aromatic heterocycles. The molecule has 2 rings (SSSR count). The fourth-order valence-corrected chi connectivity index (χ4v) is 2.73. The Balaban J connectivity index is 2.03. The molecule has 2 fully saturated rings. The molecule has 0 spiro atoms. The van der Waals surface area contributed by atoms with Gasteiger partial charge in [0.15, 0.2) is 0 Å². The summed E-state index contributed by atoms with van der Waals surface area (Å²) in [6, 6.07) is 0.720. The fourth-order valence-electron chi connectivity index (χ4n) is 2.73. The summed E-state index contributed by atoms with van der Waals surface area (Å²) in [7, 11) is 2.12. The summed E-state index contributed by atoms with van der Waals surface area (Å²) in [5, 5.41) is 0. The van der Waals surface area contributed by atoms with E-state index in [9.17, 15) is 4.79 Å². The van der Waals surface area contributed by atoms with Crippen LogP contribution in [0.5, 0.6) is 0 Å². The predicted molar refractivity (Wildman–Crippen MR) is 62.4 cm³/mol. The van der Waals surface area contributed by atoms with E-state index in [1.54, 1.807) is 0 Å². The quantitative estimate of drug-likeness (QED) is 0.630. The molecular weight excluding hydrogens is 204 g/mol. The van der Waals surface area contributed by atoms with Crippen molar-refractivity contribution in [1.29, 1.82) is 0 Å². The van der Waals surface area contributed by atoms with Crippen LogP contribution >= 0.6 is 0 Å². The Morgan fingerprint density at radius 1 is 1.19 bits per heavy atom. The van der Waals surface area contributed by atoms with Gasteiger partial charge in [-0.3, -0.25) is 4.90 Å². The zero-order chi connectivity index (χ0) is 11.9. The first-order valence-electron chi connectivity index (χ1n) is 6.07. The molecule has 0 unspecified atom stereocenters. The number of nitrogens with zero attached hydrogens (tertiary/aromatic N) is 2. The molecule has 4 heteroatoms. The molecule has 1 amide bonds. The average Bonchev–Trinajstić information content (AvgIpc) is 2.36. The van der Waals surface area contributed by atoms with Crippen LogP contribution in [0.2, 0.25) is 0 Å². The lowest BCUT2D eigenvalue weighted by Crippen LogP contribution is -2.55. The Morgan fingerprint density at radius 3 is 2.12 bits per heavy atom. The molecule has 0 aromatic rings. The zero-order valence-electron chi connectivity index (χ0n) is 10.7. The van der Waals surface area contributed by atoms with Gasteiger partial charge in [0.05, 0.1) is 0 Å². The maximum Gasteiger partial charge on any atom is 0.410 e. The molecule has 0 N–H and O–H groups in total. The number of ether oxygens (including phenoxy) is 1. The molecule has 2 bridgehead atoms. The maximum atomic E-state index is 12.1. The van der Waals surface area contributed by atoms with Crippen molar-refractivity contribution in [1.82, 2.24) is 9.80 Å². The Morgan fingerprint density at radius 2 is 1.69 bits per heavy atom. The minimum atomic E-state index is -0.389. The van der Waals surface area contributed by atoms with E-state index in [2.05, 4.69) is 11.9 Å². The van der Waals surface area contributed by atoms with Crippen LogP contribution in [0.15, 0.2) is 0 Å². The molecule has 2 aliphatic rings. The minimum Gasteiger partial charge on any atom is -0.444 e. The van der Waals surface area contributed by atoms with Crippen molar-refractivity contribution in [3.05, 3.63) is 0 Å². The van der Waals surface area contributed by atoms with E-state index in [4.69, 9.17) is 4.74 Å². The smallest absolute Gasteiger partial charge is 0.410 e. The van der Waals surface area contributed by atoms with E-state index >= 15 is 0 Å². The number of fused-ring (bicyclic) bond motifs is 2. The molecule has 92 valence electrons. The first kappa shape index (κ1) is 11.7. The summed E-state index contributed by atoms with van der Waals surface area (Å²) in [5.74, 6) is 0. The molecule has 0 radical (unpaired) electrons. The largest absolute Gasteiger partial charge is 0.444 e. The molecule has 0 saturated carbocycles. The normalized spacial score (nSPS) is 30.6. The van der Waals surface area contributed by atoms with Gasteiger partial charge in [-0.25, -0.2) is 4.79 Å². The molecule has 2 heterocycles. The number of carbonyl (C=O) groups is 1. The maximum absolute atomic E-state index is 12.1. The van der Waals surface area contributed by atoms with Gasteiger partial charge in [-0.2, -0.15) is 0 Å². The highest BCUT2D eigenvalue weighted by molar-refractivity contribution is 5.69. The highest BCUT2D eigenvalue weighted by Crippen LogP contribution is 2.30. The highest BCUT2D eigenvalue weighted by atomic mass is 16.6. The van der Waals surface area contributed by atoms with Crippen molar-refractivity contribution in [2.75, 3.05) is 20.1 Å². The number of amides is 1. The molecular formula is C12H22N2O2. The van der Waals surface area contributed by atoms with Crippen LogP contribution in [0.25, 0.3) is 0 Å². The number of likely N-dealkylation sites (tertiary alicyclic amines) is 1. The van der Waals surface area contributed by atoms with Gasteiger partial charge >= 0.3 is 6.09 Å². The average molecular weight is 226 g/mol. The van der Waals surface area contributed by atoms with Crippen molar-refractivity contribution in [2.24, 2.45) is 0 Å². The number of rotatable bonds is 0. The van der Waals surface area contributed by atoms with Crippen LogP contribution in [0, 0.1) is 0 Å². The Kier molecular flexibility index (Phi) is 2.86. The van der Waals surface area contributed by atoms with Gasteiger partial charge in [-0.15, -0.1) is 0 Å². The standard InChI is InChI=1S/C12H22N2O2/c1-12(2,3)16-11(15)14-9-5-6-10(14)8-13(4)7-9/h9-10H,5-8H2,1-4H3/t9-,10+. The monoisotopic (exact) mass is 226 g/mol. The third-order valence-electron chi connectivity index (χ3n) is 3.27. The fraction of sp³-hybridized carbons (Fsp3) is 0.917. The van der Waals surface area contributed by atoms with Gasteiger partial charge in [-0.05, 0) is 40.7 Å². The Hall–Kier alpha value is -0.770. The van der Waals surface area contributed by atoms with E-state index in [1.165, 1.54) is 0 Å². The third kappa shape index (κ3) is 2.32. The van der Waals surface area contributed by atoms with Crippen LogP contribution in [-0.2, 0) is 4.74 Å². The Bertz CT molecular complexity index is 271. The second kappa shape index (κ2) is 3.91. The van der Waals surface area contributed by atoms with Gasteiger partial charge < -0.3 is 9.64 Å². The molecule has 2 atom stereocenters. The number of hydrogen-bond acceptors (Lipinski definition) is 3. The van der Waals surface area contributed by atoms with E-state index in [0.29, 0.717) is 12.1 Å². The van der Waals surface area contributed by atoms with E-state index in [0.717, 1.165) is 25.9 Å². The van der Waals surface area contributed by atoms with Gasteiger partial charge in [0.1, 0.15) is 5.60 Å². The molecule has 2 aliphatic heterocycles. The highest BCUT2D eigenvalue weighted by Gasteiger charge is 2.43. The molecule has 2 saturated heterocycles. The van der Waals surface area contributed by atoms with Crippen molar-refractivity contribution >= 4 is 6.09 Å². The van der Waals surface area contributed by atoms with Crippen LogP contribution in [0.1, 0.15) is 33.6 Å². The summed E-state index contributed by atoms with van der Waals surface area (Å²) in [4.78, 5) is 16.3. The van der Waals surface area contributed by atoms with Crippen LogP contribution < -0.4 is 0 Å². The molecule has 16 heavy (non-hydrogen) atoms. The molecule has 4 nitrogen and oxygen atoms in total. The SMILES string of the molecule is CN1C[C@H]2CC[C@@H](C1)N2C(=O)OC(C)(C)C. The molecule has 0 aromatic carbocycles. The predicted octanol–water partition coefficient (Wildman–Crippen LogP) is 1.70. The van der Waals surface area contributed by atoms with Crippen LogP contribution in [-0.4, -0.2) is 53.7 Å². The zero-order valence-corrected chi connectivity index (χ0v) is 10.7. The van der Waals surface area contributed by atoms with Gasteiger partial charge in [0.25, 0.3) is 0 Å². The van der Waals surface area contributed by atoms with E-state index < -0.39 is 0 Å². The summed E-state index contributed by atoms with van der Waals surface area (Å²) >= 11 is 0. The lowest BCUT2D eigenvalue weighted by Gasteiger charge is -2.39. The number of likely N-dealkylation sites (N-methyl/N-ethyl adjacent to an activating group) is 1. The van der Waals surface area contributed by atoms with Crippen molar-refractivity contribution < 1.29 is 9.53 Å². The molecule has 0 aliphatic carbocycles. The van der Waals surface area contributed by atoms with Crippen molar-refractivity contribution in [3.63, 3.8) is 0 Å². The summed E-state index contributed by atoms with van der Waals surface area (Å²) in [6.45, 7) is 7.72. The second-order valence-corrected chi connectivity index (χ2v) is 5.99. The second-order valence-electron chi connectivity index (χ2n) is 5.99. The first-order chi connectivity index (χ1) is 7.37. The van der Waals surface area contributed by atoms with Crippen molar-refractivity contribution in [2.45, 2.75) is 51.3 Å².